The van der Waals surface area contributed by atoms with Gasteiger partial charge in [-0.15, -0.1) is 0 Å². The van der Waals surface area contributed by atoms with Crippen LogP contribution in [-0.2, 0) is 14.6 Å². The summed E-state index contributed by atoms with van der Waals surface area (Å²) in [5, 5.41) is 3.28. The molecule has 0 radical (unpaired) electrons. The molecule has 2 rings (SSSR count). The lowest BCUT2D eigenvalue weighted by atomic mass is 10.0. The Morgan fingerprint density at radius 3 is 2.82 bits per heavy atom. The molecular formula is C11H20N2O3S. The number of nitrogens with one attached hydrogen (secondary N) is 1. The zero-order valence-electron chi connectivity index (χ0n) is 10.2. The van der Waals surface area contributed by atoms with Crippen molar-refractivity contribution in [2.45, 2.75) is 25.8 Å². The van der Waals surface area contributed by atoms with Crippen LogP contribution in [-0.4, -0.2) is 56.4 Å². The summed E-state index contributed by atoms with van der Waals surface area (Å²) in [6, 6.07) is 0.333. The summed E-state index contributed by atoms with van der Waals surface area (Å²) in [5.74, 6) is 0.599. The number of sulfone groups is 1. The third-order valence-electron chi connectivity index (χ3n) is 3.51. The maximum Gasteiger partial charge on any atom is 0.222 e. The van der Waals surface area contributed by atoms with Gasteiger partial charge in [0.25, 0.3) is 0 Å². The van der Waals surface area contributed by atoms with Gasteiger partial charge in [0, 0.05) is 32.1 Å². The molecule has 6 heteroatoms. The van der Waals surface area contributed by atoms with Crippen LogP contribution in [0.15, 0.2) is 0 Å². The molecule has 2 heterocycles. The fourth-order valence-electron chi connectivity index (χ4n) is 2.57. The van der Waals surface area contributed by atoms with Crippen LogP contribution in [0, 0.1) is 5.92 Å². The fraction of sp³-hybridized carbons (Fsp3) is 0.909. The van der Waals surface area contributed by atoms with E-state index in [1.807, 2.05) is 4.90 Å². The molecule has 2 aliphatic heterocycles. The second kappa shape index (κ2) is 4.94. The molecule has 0 spiro atoms. The number of carbonyl (C=O) groups excluding carboxylic acids is 1. The molecule has 2 fully saturated rings. The van der Waals surface area contributed by atoms with Gasteiger partial charge in [0.15, 0.2) is 9.84 Å². The lowest BCUT2D eigenvalue weighted by molar-refractivity contribution is -0.133. The minimum atomic E-state index is -2.87. The third kappa shape index (κ3) is 3.42. The normalized spacial score (nSPS) is 32.6. The van der Waals surface area contributed by atoms with E-state index in [1.165, 1.54) is 0 Å². The predicted molar refractivity (Wildman–Crippen MR) is 65.4 cm³/mol. The molecule has 1 amide bonds. The first kappa shape index (κ1) is 12.8. The molecule has 0 aliphatic carbocycles. The lowest BCUT2D eigenvalue weighted by Crippen LogP contribution is -2.51. The van der Waals surface area contributed by atoms with Gasteiger partial charge in [-0.25, -0.2) is 8.42 Å². The summed E-state index contributed by atoms with van der Waals surface area (Å²) in [7, 11) is -2.87. The Bertz CT molecular complexity index is 394. The van der Waals surface area contributed by atoms with E-state index in [9.17, 15) is 13.2 Å². The molecular weight excluding hydrogens is 240 g/mol. The quantitative estimate of drug-likeness (QED) is 0.736. The highest BCUT2D eigenvalue weighted by Gasteiger charge is 2.31. The van der Waals surface area contributed by atoms with Gasteiger partial charge in [0.05, 0.1) is 11.5 Å². The number of hydrogen-bond donors (Lipinski definition) is 1. The lowest BCUT2D eigenvalue weighted by Gasteiger charge is -2.32. The first-order chi connectivity index (χ1) is 7.96. The molecule has 0 saturated carbocycles. The standard InChI is InChI=1S/C11H20N2O3S/c1-9-7-13(4-3-12-9)11(14)6-10-2-5-17(15,16)8-10/h9-10,12H,2-8H2,1H3/t9-,10?/m1/s1. The number of rotatable bonds is 2. The van der Waals surface area contributed by atoms with E-state index in [0.29, 0.717) is 18.9 Å². The van der Waals surface area contributed by atoms with Gasteiger partial charge in [-0.2, -0.15) is 0 Å². The molecule has 1 N–H and O–H groups in total. The minimum Gasteiger partial charge on any atom is -0.340 e. The second-order valence-corrected chi connectivity index (χ2v) is 7.40. The Labute approximate surface area is 102 Å². The summed E-state index contributed by atoms with van der Waals surface area (Å²) in [4.78, 5) is 13.9. The van der Waals surface area contributed by atoms with Crippen LogP contribution in [0.5, 0.6) is 0 Å². The predicted octanol–water partition coefficient (Wildman–Crippen LogP) is -0.368. The van der Waals surface area contributed by atoms with Crippen LogP contribution in [0.25, 0.3) is 0 Å². The van der Waals surface area contributed by atoms with Crippen LogP contribution in [0.2, 0.25) is 0 Å². The van der Waals surface area contributed by atoms with Gasteiger partial charge in [-0.1, -0.05) is 0 Å². The van der Waals surface area contributed by atoms with Crippen molar-refractivity contribution in [3.63, 3.8) is 0 Å². The summed E-state index contributed by atoms with van der Waals surface area (Å²) in [6.45, 7) is 4.36. The molecule has 2 aliphatic rings. The summed E-state index contributed by atoms with van der Waals surface area (Å²) >= 11 is 0. The van der Waals surface area contributed by atoms with Crippen LogP contribution in [0.1, 0.15) is 19.8 Å². The number of amides is 1. The third-order valence-corrected chi connectivity index (χ3v) is 5.35. The van der Waals surface area contributed by atoms with E-state index < -0.39 is 9.84 Å². The van der Waals surface area contributed by atoms with Gasteiger partial charge in [-0.3, -0.25) is 4.79 Å². The number of carbonyl (C=O) groups is 1. The topological polar surface area (TPSA) is 66.5 Å². The second-order valence-electron chi connectivity index (χ2n) is 5.17. The van der Waals surface area contributed by atoms with Crippen molar-refractivity contribution in [1.82, 2.24) is 10.2 Å². The van der Waals surface area contributed by atoms with Crippen molar-refractivity contribution in [3.05, 3.63) is 0 Å². The SMILES string of the molecule is C[C@@H]1CN(C(=O)CC2CCS(=O)(=O)C2)CCN1. The Morgan fingerprint density at radius 1 is 1.47 bits per heavy atom. The van der Waals surface area contributed by atoms with Crippen molar-refractivity contribution in [1.29, 1.82) is 0 Å². The summed E-state index contributed by atoms with van der Waals surface area (Å²) in [5.41, 5.74) is 0. The van der Waals surface area contributed by atoms with E-state index in [0.717, 1.165) is 19.6 Å². The molecule has 2 atom stereocenters. The van der Waals surface area contributed by atoms with Crippen molar-refractivity contribution < 1.29 is 13.2 Å². The Balaban J connectivity index is 1.85. The highest BCUT2D eigenvalue weighted by Crippen LogP contribution is 2.22. The Morgan fingerprint density at radius 2 is 2.24 bits per heavy atom. The van der Waals surface area contributed by atoms with Crippen molar-refractivity contribution in [3.8, 4) is 0 Å². The van der Waals surface area contributed by atoms with E-state index in [2.05, 4.69) is 12.2 Å². The minimum absolute atomic E-state index is 0.0395. The van der Waals surface area contributed by atoms with E-state index in [4.69, 9.17) is 0 Å². The largest absolute Gasteiger partial charge is 0.340 e. The van der Waals surface area contributed by atoms with Crippen LogP contribution in [0.4, 0.5) is 0 Å². The zero-order valence-corrected chi connectivity index (χ0v) is 11.0. The van der Waals surface area contributed by atoms with E-state index >= 15 is 0 Å². The molecule has 0 aromatic carbocycles. The average molecular weight is 260 g/mol. The Hall–Kier alpha value is -0.620. The van der Waals surface area contributed by atoms with Gasteiger partial charge in [0.2, 0.25) is 5.91 Å². The number of nitrogens with zero attached hydrogens (tertiary/aromatic N) is 1. The molecule has 17 heavy (non-hydrogen) atoms. The summed E-state index contributed by atoms with van der Waals surface area (Å²) < 4.78 is 22.6. The highest BCUT2D eigenvalue weighted by molar-refractivity contribution is 7.91. The molecule has 1 unspecified atom stereocenters. The van der Waals surface area contributed by atoms with Gasteiger partial charge in [-0.05, 0) is 19.3 Å². The Kier molecular flexibility index (Phi) is 3.73. The van der Waals surface area contributed by atoms with Gasteiger partial charge in [0.1, 0.15) is 0 Å². The zero-order chi connectivity index (χ0) is 12.5. The number of hydrogen-bond acceptors (Lipinski definition) is 4. The first-order valence-corrected chi connectivity index (χ1v) is 8.00. The van der Waals surface area contributed by atoms with Crippen LogP contribution < -0.4 is 5.32 Å². The monoisotopic (exact) mass is 260 g/mol. The van der Waals surface area contributed by atoms with E-state index in [1.54, 1.807) is 0 Å². The molecule has 98 valence electrons. The maximum absolute atomic E-state index is 12.0. The maximum atomic E-state index is 12.0. The molecule has 5 nitrogen and oxygen atoms in total. The van der Waals surface area contributed by atoms with Crippen LogP contribution in [0.3, 0.4) is 0 Å². The molecule has 0 aromatic heterocycles. The van der Waals surface area contributed by atoms with Crippen molar-refractivity contribution in [2.24, 2.45) is 5.92 Å². The first-order valence-electron chi connectivity index (χ1n) is 6.18. The summed E-state index contributed by atoms with van der Waals surface area (Å²) in [6.07, 6.45) is 1.04. The highest BCUT2D eigenvalue weighted by atomic mass is 32.2. The van der Waals surface area contributed by atoms with Gasteiger partial charge >= 0.3 is 0 Å². The van der Waals surface area contributed by atoms with Gasteiger partial charge < -0.3 is 10.2 Å². The van der Waals surface area contributed by atoms with E-state index in [-0.39, 0.29) is 23.3 Å². The number of piperazine rings is 1. The smallest absolute Gasteiger partial charge is 0.222 e. The van der Waals surface area contributed by atoms with Crippen LogP contribution >= 0.6 is 0 Å². The molecule has 2 saturated heterocycles. The molecule has 0 aromatic rings. The van der Waals surface area contributed by atoms with Crippen molar-refractivity contribution >= 4 is 15.7 Å². The fourth-order valence-corrected chi connectivity index (χ4v) is 4.43. The average Bonchev–Trinajstić information content (AvgIpc) is 2.58. The van der Waals surface area contributed by atoms with Crippen molar-refractivity contribution in [2.75, 3.05) is 31.1 Å². The molecule has 0 bridgehead atoms.